The minimum atomic E-state index is -0.0472. The summed E-state index contributed by atoms with van der Waals surface area (Å²) in [6.07, 6.45) is 13.5. The molecule has 0 N–H and O–H groups in total. The second kappa shape index (κ2) is 19.8. The number of esters is 1. The molecule has 0 rings (SSSR count). The summed E-state index contributed by atoms with van der Waals surface area (Å²) >= 11 is 0. The Kier molecular flexibility index (Phi) is 21.7. The van der Waals surface area contributed by atoms with Crippen LogP contribution >= 0.6 is 0 Å². The van der Waals surface area contributed by atoms with Gasteiger partial charge in [-0.2, -0.15) is 0 Å². The maximum absolute atomic E-state index is 10.9. The quantitative estimate of drug-likeness (QED) is 0.346. The normalized spacial score (nSPS) is 9.68. The van der Waals surface area contributed by atoms with E-state index >= 15 is 0 Å². The van der Waals surface area contributed by atoms with E-state index in [1.165, 1.54) is 51.4 Å². The Hall–Kier alpha value is -0.530. The fourth-order valence-electron chi connectivity index (χ4n) is 1.78. The summed E-state index contributed by atoms with van der Waals surface area (Å²) in [5, 5.41) is 0. The van der Waals surface area contributed by atoms with Gasteiger partial charge in [0.2, 0.25) is 0 Å². The molecule has 0 aliphatic carbocycles. The summed E-state index contributed by atoms with van der Waals surface area (Å²) in [6.45, 7) is 9.03. The minimum Gasteiger partial charge on any atom is -0.466 e. The van der Waals surface area contributed by atoms with E-state index in [0.717, 1.165) is 12.8 Å². The average Bonchev–Trinajstić information content (AvgIpc) is 2.40. The first-order valence-electron chi connectivity index (χ1n) is 8.38. The highest BCUT2D eigenvalue weighted by Gasteiger charge is 1.99. The van der Waals surface area contributed by atoms with Gasteiger partial charge in [0, 0.05) is 6.42 Å². The average molecular weight is 272 g/mol. The molecule has 0 saturated carbocycles. The van der Waals surface area contributed by atoms with Gasteiger partial charge in [0.05, 0.1) is 6.61 Å². The summed E-state index contributed by atoms with van der Waals surface area (Å²) in [4.78, 5) is 10.9. The smallest absolute Gasteiger partial charge is 0.305 e. The fraction of sp³-hybridized carbons (Fsp3) is 0.941. The number of carbonyl (C=O) groups is 1. The van der Waals surface area contributed by atoms with E-state index in [2.05, 4.69) is 20.8 Å². The van der Waals surface area contributed by atoms with Crippen molar-refractivity contribution < 1.29 is 9.53 Å². The number of unbranched alkanes of at least 4 members (excludes halogenated alkanes) is 8. The molecule has 0 fully saturated rings. The molecule has 0 aromatic rings. The van der Waals surface area contributed by atoms with Crippen LogP contribution in [0.25, 0.3) is 0 Å². The predicted octanol–water partition coefficient (Wildman–Crippen LogP) is 5.89. The Morgan fingerprint density at radius 3 is 1.53 bits per heavy atom. The standard InChI is InChI=1S/C10H20O2.C7H16/c1-3-5-6-7-8-9-10(11)12-4-2;1-3-5-7-6-4-2/h3-9H2,1-2H3;3-7H2,1-2H3. The van der Waals surface area contributed by atoms with Crippen molar-refractivity contribution in [3.05, 3.63) is 0 Å². The molecule has 0 aromatic heterocycles. The molecule has 116 valence electrons. The van der Waals surface area contributed by atoms with Crippen LogP contribution in [-0.2, 0) is 9.53 Å². The zero-order valence-corrected chi connectivity index (χ0v) is 13.8. The molecule has 0 heterocycles. The first-order valence-corrected chi connectivity index (χ1v) is 8.38. The van der Waals surface area contributed by atoms with Crippen LogP contribution in [0.2, 0.25) is 0 Å². The summed E-state index contributed by atoms with van der Waals surface area (Å²) < 4.78 is 4.81. The summed E-state index contributed by atoms with van der Waals surface area (Å²) in [5.41, 5.74) is 0. The molecule has 19 heavy (non-hydrogen) atoms. The van der Waals surface area contributed by atoms with Crippen molar-refractivity contribution in [1.82, 2.24) is 0 Å². The number of hydrogen-bond donors (Lipinski definition) is 0. The molecule has 0 amide bonds. The van der Waals surface area contributed by atoms with Crippen molar-refractivity contribution in [3.8, 4) is 0 Å². The van der Waals surface area contributed by atoms with Crippen LogP contribution in [0.1, 0.15) is 98.3 Å². The first-order chi connectivity index (χ1) is 9.22. The minimum absolute atomic E-state index is 0.0472. The van der Waals surface area contributed by atoms with Gasteiger partial charge in [-0.15, -0.1) is 0 Å². The monoisotopic (exact) mass is 272 g/mol. The molecule has 2 nitrogen and oxygen atoms in total. The van der Waals surface area contributed by atoms with Crippen LogP contribution in [-0.4, -0.2) is 12.6 Å². The highest BCUT2D eigenvalue weighted by atomic mass is 16.5. The molecule has 0 aliphatic rings. The van der Waals surface area contributed by atoms with Gasteiger partial charge >= 0.3 is 5.97 Å². The van der Waals surface area contributed by atoms with Crippen LogP contribution < -0.4 is 0 Å². The van der Waals surface area contributed by atoms with Crippen molar-refractivity contribution >= 4 is 5.97 Å². The maximum atomic E-state index is 10.9. The SMILES string of the molecule is CCCCCCC.CCCCCCCC(=O)OCC. The molecule has 0 unspecified atom stereocenters. The van der Waals surface area contributed by atoms with E-state index in [1.807, 2.05) is 6.92 Å². The van der Waals surface area contributed by atoms with Gasteiger partial charge in [-0.05, 0) is 13.3 Å². The van der Waals surface area contributed by atoms with Crippen molar-refractivity contribution in [2.45, 2.75) is 98.3 Å². The van der Waals surface area contributed by atoms with Crippen LogP contribution in [0.5, 0.6) is 0 Å². The van der Waals surface area contributed by atoms with E-state index in [4.69, 9.17) is 4.74 Å². The highest BCUT2D eigenvalue weighted by Crippen LogP contribution is 2.05. The Labute approximate surface area is 121 Å². The van der Waals surface area contributed by atoms with E-state index in [0.29, 0.717) is 13.0 Å². The molecule has 2 heteroatoms. The zero-order chi connectivity index (χ0) is 14.8. The lowest BCUT2D eigenvalue weighted by molar-refractivity contribution is -0.143. The van der Waals surface area contributed by atoms with E-state index < -0.39 is 0 Å². The summed E-state index contributed by atoms with van der Waals surface area (Å²) in [7, 11) is 0. The summed E-state index contributed by atoms with van der Waals surface area (Å²) in [5.74, 6) is -0.0472. The van der Waals surface area contributed by atoms with Gasteiger partial charge in [0.15, 0.2) is 0 Å². The van der Waals surface area contributed by atoms with E-state index in [9.17, 15) is 4.79 Å². The largest absolute Gasteiger partial charge is 0.466 e. The van der Waals surface area contributed by atoms with Gasteiger partial charge in [0.1, 0.15) is 0 Å². The van der Waals surface area contributed by atoms with Crippen molar-refractivity contribution in [2.75, 3.05) is 6.61 Å². The summed E-state index contributed by atoms with van der Waals surface area (Å²) in [6, 6.07) is 0. The molecule has 0 atom stereocenters. The third-order valence-corrected chi connectivity index (χ3v) is 3.00. The van der Waals surface area contributed by atoms with Crippen LogP contribution in [0.15, 0.2) is 0 Å². The zero-order valence-electron chi connectivity index (χ0n) is 13.8. The van der Waals surface area contributed by atoms with Gasteiger partial charge in [0.25, 0.3) is 0 Å². The Bertz CT molecular complexity index is 163. The van der Waals surface area contributed by atoms with Gasteiger partial charge in [-0.25, -0.2) is 0 Å². The number of carbonyl (C=O) groups excluding carboxylic acids is 1. The molecule has 0 aromatic carbocycles. The van der Waals surface area contributed by atoms with Crippen molar-refractivity contribution in [3.63, 3.8) is 0 Å². The lowest BCUT2D eigenvalue weighted by Gasteiger charge is -2.00. The third kappa shape index (κ3) is 23.0. The highest BCUT2D eigenvalue weighted by molar-refractivity contribution is 5.69. The third-order valence-electron chi connectivity index (χ3n) is 3.00. The molecular formula is C17H36O2. The molecule has 0 spiro atoms. The maximum Gasteiger partial charge on any atom is 0.305 e. The lowest BCUT2D eigenvalue weighted by Crippen LogP contribution is -2.02. The second-order valence-electron chi connectivity index (χ2n) is 5.03. The lowest BCUT2D eigenvalue weighted by atomic mass is 10.1. The molecule has 0 aliphatic heterocycles. The molecular weight excluding hydrogens is 236 g/mol. The Morgan fingerprint density at radius 2 is 1.11 bits per heavy atom. The van der Waals surface area contributed by atoms with E-state index in [-0.39, 0.29) is 5.97 Å². The van der Waals surface area contributed by atoms with Crippen molar-refractivity contribution in [1.29, 1.82) is 0 Å². The topological polar surface area (TPSA) is 26.3 Å². The van der Waals surface area contributed by atoms with Crippen LogP contribution in [0.3, 0.4) is 0 Å². The second-order valence-corrected chi connectivity index (χ2v) is 5.03. The Morgan fingerprint density at radius 1 is 0.684 bits per heavy atom. The van der Waals surface area contributed by atoms with Crippen LogP contribution in [0, 0.1) is 0 Å². The number of rotatable bonds is 11. The van der Waals surface area contributed by atoms with Gasteiger partial charge < -0.3 is 4.74 Å². The number of hydrogen-bond acceptors (Lipinski definition) is 2. The van der Waals surface area contributed by atoms with Gasteiger partial charge in [-0.3, -0.25) is 4.79 Å². The Balaban J connectivity index is 0. The molecule has 0 saturated heterocycles. The predicted molar refractivity (Wildman–Crippen MR) is 84.4 cm³/mol. The van der Waals surface area contributed by atoms with Crippen molar-refractivity contribution in [2.24, 2.45) is 0 Å². The fourth-order valence-corrected chi connectivity index (χ4v) is 1.78. The molecule has 0 bridgehead atoms. The van der Waals surface area contributed by atoms with Gasteiger partial charge in [-0.1, -0.05) is 78.6 Å². The number of ether oxygens (including phenoxy) is 1. The van der Waals surface area contributed by atoms with E-state index in [1.54, 1.807) is 0 Å². The molecule has 0 radical (unpaired) electrons. The van der Waals surface area contributed by atoms with Crippen LogP contribution in [0.4, 0.5) is 0 Å². The first kappa shape index (κ1) is 20.8.